The Bertz CT molecular complexity index is 456. The summed E-state index contributed by atoms with van der Waals surface area (Å²) in [5, 5.41) is 3.24. The molecule has 3 rings (SSSR count). The van der Waals surface area contributed by atoms with Gasteiger partial charge < -0.3 is 5.32 Å². The van der Waals surface area contributed by atoms with Crippen LogP contribution >= 0.6 is 0 Å². The van der Waals surface area contributed by atoms with E-state index < -0.39 is 0 Å². The van der Waals surface area contributed by atoms with Crippen molar-refractivity contribution in [1.82, 2.24) is 5.32 Å². The van der Waals surface area contributed by atoms with Gasteiger partial charge in [-0.2, -0.15) is 0 Å². The Kier molecular flexibility index (Phi) is 3.34. The molecule has 3 atom stereocenters. The van der Waals surface area contributed by atoms with Crippen molar-refractivity contribution >= 4 is 5.91 Å². The Morgan fingerprint density at radius 1 is 1.32 bits per heavy atom. The number of benzene rings is 1. The Hall–Kier alpha value is -1.31. The van der Waals surface area contributed by atoms with E-state index in [1.54, 1.807) is 0 Å². The van der Waals surface area contributed by atoms with Gasteiger partial charge in [0.15, 0.2) is 0 Å². The number of amides is 1. The van der Waals surface area contributed by atoms with E-state index in [1.165, 1.54) is 31.2 Å². The number of carbonyl (C=O) groups is 1. The molecule has 0 radical (unpaired) electrons. The molecule has 2 fully saturated rings. The van der Waals surface area contributed by atoms with E-state index >= 15 is 0 Å². The van der Waals surface area contributed by atoms with E-state index in [0.717, 1.165) is 18.8 Å². The number of hydrogen-bond donors (Lipinski definition) is 1. The maximum Gasteiger partial charge on any atom is 0.220 e. The van der Waals surface area contributed by atoms with Gasteiger partial charge in [0, 0.05) is 12.5 Å². The summed E-state index contributed by atoms with van der Waals surface area (Å²) in [5.74, 6) is 1.09. The summed E-state index contributed by atoms with van der Waals surface area (Å²) in [6, 6.07) is 10.9. The van der Waals surface area contributed by atoms with Gasteiger partial charge in [0.2, 0.25) is 5.91 Å². The predicted octanol–water partition coefficient (Wildman–Crippen LogP) is 3.31. The van der Waals surface area contributed by atoms with Gasteiger partial charge in [-0.3, -0.25) is 4.79 Å². The second-order valence-corrected chi connectivity index (χ2v) is 6.37. The molecule has 1 heterocycles. The minimum Gasteiger partial charge on any atom is -0.352 e. The van der Waals surface area contributed by atoms with Gasteiger partial charge in [-0.15, -0.1) is 0 Å². The molecule has 2 aliphatic rings. The molecule has 102 valence electrons. The SMILES string of the molecule is CCC1CCC2(CC(=O)NC2Cc2ccccc2)C1. The minimum atomic E-state index is 0.244. The molecule has 1 N–H and O–H groups in total. The zero-order chi connectivity index (χ0) is 13.3. The highest BCUT2D eigenvalue weighted by Crippen LogP contribution is 2.51. The third kappa shape index (κ3) is 2.41. The van der Waals surface area contributed by atoms with Gasteiger partial charge in [0.1, 0.15) is 0 Å². The molecule has 1 amide bonds. The molecule has 2 heteroatoms. The van der Waals surface area contributed by atoms with Crippen molar-refractivity contribution in [2.45, 2.75) is 51.5 Å². The van der Waals surface area contributed by atoms with Gasteiger partial charge in [-0.25, -0.2) is 0 Å². The maximum absolute atomic E-state index is 11.9. The average Bonchev–Trinajstić information content (AvgIpc) is 2.96. The predicted molar refractivity (Wildman–Crippen MR) is 76.8 cm³/mol. The van der Waals surface area contributed by atoms with Gasteiger partial charge in [-0.1, -0.05) is 43.7 Å². The first-order valence-corrected chi connectivity index (χ1v) is 7.55. The van der Waals surface area contributed by atoms with E-state index in [0.29, 0.717) is 6.04 Å². The summed E-state index contributed by atoms with van der Waals surface area (Å²) in [6.07, 6.45) is 6.76. The minimum absolute atomic E-state index is 0.244. The monoisotopic (exact) mass is 257 g/mol. The van der Waals surface area contributed by atoms with E-state index in [2.05, 4.69) is 42.6 Å². The number of hydrogen-bond acceptors (Lipinski definition) is 1. The summed E-state index contributed by atoms with van der Waals surface area (Å²) < 4.78 is 0. The Morgan fingerprint density at radius 2 is 2.11 bits per heavy atom. The van der Waals surface area contributed by atoms with Crippen LogP contribution in [0.2, 0.25) is 0 Å². The van der Waals surface area contributed by atoms with E-state index in [-0.39, 0.29) is 11.3 Å². The standard InChI is InChI=1S/C17H23NO/c1-2-13-8-9-17(11-13)12-16(19)18-15(17)10-14-6-4-3-5-7-14/h3-7,13,15H,2,8-12H2,1H3,(H,18,19). The van der Waals surface area contributed by atoms with Crippen molar-refractivity contribution in [2.24, 2.45) is 11.3 Å². The first kappa shape index (κ1) is 12.7. The van der Waals surface area contributed by atoms with E-state index in [9.17, 15) is 4.79 Å². The van der Waals surface area contributed by atoms with Crippen LogP contribution < -0.4 is 5.32 Å². The average molecular weight is 257 g/mol. The zero-order valence-electron chi connectivity index (χ0n) is 11.7. The first-order valence-electron chi connectivity index (χ1n) is 7.55. The highest BCUT2D eigenvalue weighted by atomic mass is 16.2. The summed E-state index contributed by atoms with van der Waals surface area (Å²) in [5.41, 5.74) is 1.59. The fraction of sp³-hybridized carbons (Fsp3) is 0.588. The molecule has 0 bridgehead atoms. The lowest BCUT2D eigenvalue weighted by atomic mass is 9.75. The summed E-state index contributed by atoms with van der Waals surface area (Å²) in [7, 11) is 0. The molecular formula is C17H23NO. The van der Waals surface area contributed by atoms with Crippen LogP contribution in [0.15, 0.2) is 30.3 Å². The molecule has 3 unspecified atom stereocenters. The van der Waals surface area contributed by atoms with Crippen LogP contribution in [-0.2, 0) is 11.2 Å². The molecule has 1 aromatic rings. The molecule has 1 saturated carbocycles. The second kappa shape index (κ2) is 4.99. The van der Waals surface area contributed by atoms with Crippen LogP contribution in [0.4, 0.5) is 0 Å². The van der Waals surface area contributed by atoms with Crippen LogP contribution in [0.3, 0.4) is 0 Å². The third-order valence-corrected chi connectivity index (χ3v) is 5.19. The largest absolute Gasteiger partial charge is 0.352 e. The van der Waals surface area contributed by atoms with Crippen LogP contribution in [0.1, 0.15) is 44.6 Å². The maximum atomic E-state index is 11.9. The van der Waals surface area contributed by atoms with Crippen molar-refractivity contribution < 1.29 is 4.79 Å². The zero-order valence-corrected chi connectivity index (χ0v) is 11.7. The lowest BCUT2D eigenvalue weighted by Crippen LogP contribution is -2.37. The Balaban J connectivity index is 1.78. The Labute approximate surface area is 115 Å². The molecule has 1 spiro atoms. The number of carbonyl (C=O) groups excluding carboxylic acids is 1. The lowest BCUT2D eigenvalue weighted by Gasteiger charge is -2.30. The van der Waals surface area contributed by atoms with Crippen LogP contribution in [0.5, 0.6) is 0 Å². The topological polar surface area (TPSA) is 29.1 Å². The van der Waals surface area contributed by atoms with Crippen molar-refractivity contribution in [2.75, 3.05) is 0 Å². The summed E-state index contributed by atoms with van der Waals surface area (Å²) in [4.78, 5) is 11.9. The van der Waals surface area contributed by atoms with Crippen molar-refractivity contribution in [3.8, 4) is 0 Å². The molecule has 19 heavy (non-hydrogen) atoms. The molecule has 1 saturated heterocycles. The van der Waals surface area contributed by atoms with Crippen LogP contribution in [0.25, 0.3) is 0 Å². The molecule has 1 aliphatic carbocycles. The van der Waals surface area contributed by atoms with Crippen molar-refractivity contribution in [1.29, 1.82) is 0 Å². The van der Waals surface area contributed by atoms with Crippen molar-refractivity contribution in [3.05, 3.63) is 35.9 Å². The third-order valence-electron chi connectivity index (χ3n) is 5.19. The summed E-state index contributed by atoms with van der Waals surface area (Å²) in [6.45, 7) is 2.28. The molecule has 1 aromatic carbocycles. The van der Waals surface area contributed by atoms with E-state index in [4.69, 9.17) is 0 Å². The summed E-state index contributed by atoms with van der Waals surface area (Å²) >= 11 is 0. The highest BCUT2D eigenvalue weighted by molar-refractivity contribution is 5.80. The first-order chi connectivity index (χ1) is 9.22. The second-order valence-electron chi connectivity index (χ2n) is 6.37. The normalized spacial score (nSPS) is 33.8. The smallest absolute Gasteiger partial charge is 0.220 e. The molecule has 2 nitrogen and oxygen atoms in total. The van der Waals surface area contributed by atoms with Gasteiger partial charge in [0.25, 0.3) is 0 Å². The van der Waals surface area contributed by atoms with Gasteiger partial charge >= 0.3 is 0 Å². The van der Waals surface area contributed by atoms with Crippen molar-refractivity contribution in [3.63, 3.8) is 0 Å². The molecule has 1 aliphatic heterocycles. The van der Waals surface area contributed by atoms with Crippen LogP contribution in [-0.4, -0.2) is 11.9 Å². The number of rotatable bonds is 3. The van der Waals surface area contributed by atoms with Gasteiger partial charge in [0.05, 0.1) is 0 Å². The fourth-order valence-corrected chi connectivity index (χ4v) is 4.05. The molecule has 0 aromatic heterocycles. The quantitative estimate of drug-likeness (QED) is 0.884. The highest BCUT2D eigenvalue weighted by Gasteiger charge is 2.50. The Morgan fingerprint density at radius 3 is 2.79 bits per heavy atom. The van der Waals surface area contributed by atoms with Gasteiger partial charge in [-0.05, 0) is 42.6 Å². The fourth-order valence-electron chi connectivity index (χ4n) is 4.05. The van der Waals surface area contributed by atoms with E-state index in [1.807, 2.05) is 0 Å². The lowest BCUT2D eigenvalue weighted by molar-refractivity contribution is -0.119. The number of nitrogens with one attached hydrogen (secondary N) is 1. The molecular weight excluding hydrogens is 234 g/mol. The van der Waals surface area contributed by atoms with Crippen LogP contribution in [0, 0.1) is 11.3 Å².